The van der Waals surface area contributed by atoms with Gasteiger partial charge in [-0.1, -0.05) is 12.1 Å². The summed E-state index contributed by atoms with van der Waals surface area (Å²) in [5.41, 5.74) is 2.71. The lowest BCUT2D eigenvalue weighted by molar-refractivity contribution is 0.0992. The molecule has 0 amide bonds. The SMILES string of the molecule is CCNC(=NCCCCN1CCN(c2cccc(C)c2)CC1)NC1CC2CCC1O2.I. The summed E-state index contributed by atoms with van der Waals surface area (Å²) >= 11 is 0. The Hall–Kier alpha value is -1.06. The summed E-state index contributed by atoms with van der Waals surface area (Å²) in [4.78, 5) is 9.93. The van der Waals surface area contributed by atoms with Crippen LogP contribution in [-0.4, -0.2) is 74.9 Å². The number of piperazine rings is 1. The molecule has 174 valence electrons. The van der Waals surface area contributed by atoms with Gasteiger partial charge in [0.15, 0.2) is 5.96 Å². The second kappa shape index (κ2) is 12.3. The first-order chi connectivity index (χ1) is 14.7. The lowest BCUT2D eigenvalue weighted by Crippen LogP contribution is -2.47. The number of ether oxygens (including phenoxy) is 1. The molecule has 0 radical (unpaired) electrons. The van der Waals surface area contributed by atoms with Crippen LogP contribution < -0.4 is 15.5 Å². The third-order valence-corrected chi connectivity index (χ3v) is 6.66. The quantitative estimate of drug-likeness (QED) is 0.229. The number of unbranched alkanes of at least 4 members (excludes halogenated alkanes) is 1. The van der Waals surface area contributed by atoms with Crippen LogP contribution in [0.15, 0.2) is 29.3 Å². The van der Waals surface area contributed by atoms with Gasteiger partial charge in [-0.2, -0.15) is 0 Å². The molecule has 3 aliphatic heterocycles. The fourth-order valence-corrected chi connectivity index (χ4v) is 4.98. The summed E-state index contributed by atoms with van der Waals surface area (Å²) in [6, 6.07) is 9.31. The van der Waals surface area contributed by atoms with Gasteiger partial charge in [0.2, 0.25) is 0 Å². The van der Waals surface area contributed by atoms with Gasteiger partial charge < -0.3 is 20.3 Å². The largest absolute Gasteiger partial charge is 0.373 e. The van der Waals surface area contributed by atoms with E-state index in [-0.39, 0.29) is 24.0 Å². The molecule has 1 aromatic carbocycles. The summed E-state index contributed by atoms with van der Waals surface area (Å²) in [7, 11) is 0. The van der Waals surface area contributed by atoms with Gasteiger partial charge in [0.05, 0.1) is 18.2 Å². The van der Waals surface area contributed by atoms with Gasteiger partial charge in [0.25, 0.3) is 0 Å². The highest BCUT2D eigenvalue weighted by atomic mass is 127. The van der Waals surface area contributed by atoms with Gasteiger partial charge in [-0.05, 0) is 70.2 Å². The topological polar surface area (TPSA) is 52.1 Å². The Balaban J connectivity index is 0.00000272. The molecule has 2 bridgehead atoms. The summed E-state index contributed by atoms with van der Waals surface area (Å²) < 4.78 is 5.96. The van der Waals surface area contributed by atoms with Crippen molar-refractivity contribution >= 4 is 35.6 Å². The Morgan fingerprint density at radius 3 is 2.68 bits per heavy atom. The van der Waals surface area contributed by atoms with Crippen LogP contribution in [-0.2, 0) is 4.74 Å². The minimum absolute atomic E-state index is 0. The molecule has 3 heterocycles. The maximum atomic E-state index is 5.96. The van der Waals surface area contributed by atoms with Crippen LogP contribution in [0.4, 0.5) is 5.69 Å². The average molecular weight is 542 g/mol. The van der Waals surface area contributed by atoms with Gasteiger partial charge in [-0.25, -0.2) is 0 Å². The first-order valence-corrected chi connectivity index (χ1v) is 12.0. The highest BCUT2D eigenvalue weighted by molar-refractivity contribution is 14.0. The molecule has 0 aromatic heterocycles. The maximum Gasteiger partial charge on any atom is 0.191 e. The first kappa shape index (κ1) is 24.6. The molecule has 31 heavy (non-hydrogen) atoms. The van der Waals surface area contributed by atoms with Crippen LogP contribution in [0.5, 0.6) is 0 Å². The van der Waals surface area contributed by atoms with E-state index in [0.717, 1.165) is 58.1 Å². The van der Waals surface area contributed by atoms with Crippen LogP contribution in [0.25, 0.3) is 0 Å². The van der Waals surface area contributed by atoms with Crippen LogP contribution >= 0.6 is 24.0 Å². The van der Waals surface area contributed by atoms with Crippen LogP contribution in [0.3, 0.4) is 0 Å². The number of fused-ring (bicyclic) bond motifs is 2. The van der Waals surface area contributed by atoms with Crippen molar-refractivity contribution < 1.29 is 4.74 Å². The molecule has 2 N–H and O–H groups in total. The molecule has 7 heteroatoms. The number of aryl methyl sites for hydroxylation is 1. The van der Waals surface area contributed by atoms with Crippen LogP contribution in [0.1, 0.15) is 44.6 Å². The minimum atomic E-state index is 0. The van der Waals surface area contributed by atoms with E-state index < -0.39 is 0 Å². The van der Waals surface area contributed by atoms with E-state index in [0.29, 0.717) is 18.2 Å². The van der Waals surface area contributed by atoms with E-state index in [9.17, 15) is 0 Å². The number of hydrogen-bond acceptors (Lipinski definition) is 4. The summed E-state index contributed by atoms with van der Waals surface area (Å²) in [5.74, 6) is 0.963. The summed E-state index contributed by atoms with van der Waals surface area (Å²) in [6.45, 7) is 11.8. The number of guanidine groups is 1. The van der Waals surface area contributed by atoms with Crippen LogP contribution in [0.2, 0.25) is 0 Å². The van der Waals surface area contributed by atoms with Crippen molar-refractivity contribution in [3.8, 4) is 0 Å². The standard InChI is InChI=1S/C24H39N5O.HI/c1-3-25-24(27-22-18-21-9-10-23(22)30-21)26-11-4-5-12-28-13-15-29(16-14-28)20-8-6-7-19(2)17-20;/h6-8,17,21-23H,3-5,9-16,18H2,1-2H3,(H2,25,26,27);1H. The van der Waals surface area contributed by atoms with Crippen molar-refractivity contribution in [2.45, 2.75) is 64.2 Å². The van der Waals surface area contributed by atoms with Crippen LogP contribution in [0, 0.1) is 6.92 Å². The number of rotatable bonds is 8. The molecule has 3 atom stereocenters. The van der Waals surface area contributed by atoms with E-state index >= 15 is 0 Å². The Morgan fingerprint density at radius 2 is 2.00 bits per heavy atom. The average Bonchev–Trinajstić information content (AvgIpc) is 3.37. The molecule has 6 nitrogen and oxygen atoms in total. The molecule has 3 saturated heterocycles. The number of aliphatic imine (C=N–C) groups is 1. The van der Waals surface area contributed by atoms with Gasteiger partial charge in [0.1, 0.15) is 0 Å². The summed E-state index contributed by atoms with van der Waals surface area (Å²) in [6.07, 6.45) is 6.77. The van der Waals surface area contributed by atoms with Gasteiger partial charge in [-0.3, -0.25) is 9.89 Å². The predicted molar refractivity (Wildman–Crippen MR) is 140 cm³/mol. The van der Waals surface area contributed by atoms with E-state index in [4.69, 9.17) is 9.73 Å². The van der Waals surface area contributed by atoms with E-state index in [1.165, 1.54) is 37.1 Å². The smallest absolute Gasteiger partial charge is 0.191 e. The molecule has 0 aliphatic carbocycles. The normalized spacial score (nSPS) is 26.1. The molecule has 0 spiro atoms. The number of nitrogens with zero attached hydrogens (tertiary/aromatic N) is 3. The molecule has 3 fully saturated rings. The Bertz CT molecular complexity index is 707. The fraction of sp³-hybridized carbons (Fsp3) is 0.708. The third kappa shape index (κ3) is 6.96. The number of anilines is 1. The second-order valence-electron chi connectivity index (χ2n) is 9.00. The number of hydrogen-bond donors (Lipinski definition) is 2. The predicted octanol–water partition coefficient (Wildman–Crippen LogP) is 3.39. The monoisotopic (exact) mass is 541 g/mol. The maximum absolute atomic E-state index is 5.96. The van der Waals surface area contributed by atoms with Crippen molar-refractivity contribution in [2.24, 2.45) is 4.99 Å². The number of halogens is 1. The molecule has 4 rings (SSSR count). The summed E-state index contributed by atoms with van der Waals surface area (Å²) in [5, 5.41) is 7.01. The van der Waals surface area contributed by atoms with E-state index in [2.05, 4.69) is 58.5 Å². The molecule has 0 saturated carbocycles. The van der Waals surface area contributed by atoms with Crippen molar-refractivity contribution in [1.82, 2.24) is 15.5 Å². The van der Waals surface area contributed by atoms with Crippen molar-refractivity contribution in [2.75, 3.05) is 50.7 Å². The Labute approximate surface area is 205 Å². The van der Waals surface area contributed by atoms with E-state index in [1.807, 2.05) is 0 Å². The second-order valence-corrected chi connectivity index (χ2v) is 9.00. The number of benzene rings is 1. The molecular weight excluding hydrogens is 501 g/mol. The van der Waals surface area contributed by atoms with Crippen molar-refractivity contribution in [3.05, 3.63) is 29.8 Å². The molecule has 3 aliphatic rings. The first-order valence-electron chi connectivity index (χ1n) is 12.0. The molecular formula is C24H40IN5O. The van der Waals surface area contributed by atoms with Gasteiger partial charge in [-0.15, -0.1) is 24.0 Å². The lowest BCUT2D eigenvalue weighted by atomic mass is 9.96. The Kier molecular flexibility index (Phi) is 9.72. The van der Waals surface area contributed by atoms with Crippen molar-refractivity contribution in [3.63, 3.8) is 0 Å². The highest BCUT2D eigenvalue weighted by Gasteiger charge is 2.41. The molecule has 1 aromatic rings. The van der Waals surface area contributed by atoms with Gasteiger partial charge in [0, 0.05) is 45.0 Å². The number of nitrogens with one attached hydrogen (secondary N) is 2. The highest BCUT2D eigenvalue weighted by Crippen LogP contribution is 2.34. The lowest BCUT2D eigenvalue weighted by Gasteiger charge is -2.36. The van der Waals surface area contributed by atoms with Gasteiger partial charge >= 0.3 is 0 Å². The zero-order chi connectivity index (χ0) is 20.8. The fourth-order valence-electron chi connectivity index (χ4n) is 4.98. The van der Waals surface area contributed by atoms with Crippen molar-refractivity contribution in [1.29, 1.82) is 0 Å². The zero-order valence-corrected chi connectivity index (χ0v) is 21.5. The Morgan fingerprint density at radius 1 is 1.16 bits per heavy atom. The minimum Gasteiger partial charge on any atom is -0.373 e. The van der Waals surface area contributed by atoms with E-state index in [1.54, 1.807) is 0 Å². The molecule has 3 unspecified atom stereocenters. The zero-order valence-electron chi connectivity index (χ0n) is 19.2. The third-order valence-electron chi connectivity index (χ3n) is 6.66.